The first-order valence-corrected chi connectivity index (χ1v) is 15.5. The van der Waals surface area contributed by atoms with Crippen molar-refractivity contribution in [2.45, 2.75) is 95.4 Å². The summed E-state index contributed by atoms with van der Waals surface area (Å²) in [6.07, 6.45) is -3.63. The Morgan fingerprint density at radius 2 is 1.49 bits per heavy atom. The van der Waals surface area contributed by atoms with Crippen LogP contribution in [0.25, 0.3) is 0 Å². The summed E-state index contributed by atoms with van der Waals surface area (Å²) in [6.45, 7) is 12.2. The molecule has 0 aliphatic carbocycles. The summed E-state index contributed by atoms with van der Waals surface area (Å²) in [5.41, 5.74) is -0.752. The number of aliphatic hydroxyl groups is 2. The molecule has 2 heterocycles. The molecule has 8 nitrogen and oxygen atoms in total. The Morgan fingerprint density at radius 1 is 0.949 bits per heavy atom. The Balaban J connectivity index is 1.71. The molecule has 0 bridgehead atoms. The van der Waals surface area contributed by atoms with Crippen molar-refractivity contribution in [1.29, 1.82) is 0 Å². The number of likely N-dealkylation sites (tertiary alicyclic amines) is 1. The van der Waals surface area contributed by atoms with Crippen LogP contribution in [0.2, 0.25) is 5.04 Å². The maximum Gasteiger partial charge on any atom is 0.411 e. The van der Waals surface area contributed by atoms with Crippen molar-refractivity contribution in [2.75, 3.05) is 6.61 Å². The summed E-state index contributed by atoms with van der Waals surface area (Å²) in [6, 6.07) is 19.5. The van der Waals surface area contributed by atoms with Gasteiger partial charge >= 0.3 is 12.1 Å². The van der Waals surface area contributed by atoms with Crippen molar-refractivity contribution in [2.24, 2.45) is 0 Å². The number of hydrogen-bond acceptors (Lipinski definition) is 7. The summed E-state index contributed by atoms with van der Waals surface area (Å²) >= 11 is 0. The van der Waals surface area contributed by atoms with Crippen LogP contribution in [0.15, 0.2) is 60.7 Å². The lowest BCUT2D eigenvalue weighted by molar-refractivity contribution is -0.149. The highest BCUT2D eigenvalue weighted by molar-refractivity contribution is 6.99. The van der Waals surface area contributed by atoms with E-state index in [1.54, 1.807) is 25.7 Å². The van der Waals surface area contributed by atoms with Crippen LogP contribution in [0.4, 0.5) is 4.79 Å². The number of esters is 1. The van der Waals surface area contributed by atoms with Crippen LogP contribution in [0.1, 0.15) is 54.4 Å². The lowest BCUT2D eigenvalue weighted by atomic mass is 10.0. The number of nitrogens with zero attached hydrogens (tertiary/aromatic N) is 1. The van der Waals surface area contributed by atoms with Crippen LogP contribution in [-0.4, -0.2) is 78.1 Å². The number of ether oxygens (including phenoxy) is 2. The fourth-order valence-electron chi connectivity index (χ4n) is 5.88. The Hall–Kier alpha value is -2.72. The van der Waals surface area contributed by atoms with Gasteiger partial charge in [-0.2, -0.15) is 0 Å². The normalized spacial score (nSPS) is 26.0. The second-order valence-corrected chi connectivity index (χ2v) is 16.8. The van der Waals surface area contributed by atoms with Crippen molar-refractivity contribution in [3.05, 3.63) is 60.7 Å². The van der Waals surface area contributed by atoms with E-state index in [1.807, 2.05) is 36.4 Å². The molecule has 0 spiro atoms. The molecule has 2 fully saturated rings. The standard InChI is InChI=1S/C30H41NO7Si/c1-29(2,3)38-28(35)31-20(17-18-23(31)26-24(32)25(33)27(34)37-26)19-36-39(30(4,5)6,21-13-9-7-10-14-21)22-15-11-8-12-16-22/h7-16,20,23-26,32-33H,17-19H2,1-6H3/t20-,23-,24-,25+,26+/m0/s1. The Bertz CT molecular complexity index is 1110. The third-order valence-electron chi connectivity index (χ3n) is 7.59. The molecule has 2 aromatic rings. The molecule has 39 heavy (non-hydrogen) atoms. The first-order chi connectivity index (χ1) is 18.3. The summed E-state index contributed by atoms with van der Waals surface area (Å²) in [5.74, 6) is -0.886. The Labute approximate surface area is 232 Å². The Kier molecular flexibility index (Phi) is 8.28. The fourth-order valence-corrected chi connectivity index (χ4v) is 10.5. The fraction of sp³-hybridized carbons (Fsp3) is 0.533. The molecule has 0 saturated carbocycles. The lowest BCUT2D eigenvalue weighted by Crippen LogP contribution is -2.67. The SMILES string of the molecule is CC(C)(C)OC(=O)N1[C@H](CO[Si](c2ccccc2)(c2ccccc2)C(C)(C)C)CC[C@H]1[C@H]1OC(=O)[C@H](O)[C@@H]1O. The van der Waals surface area contributed by atoms with Gasteiger partial charge in [0.1, 0.15) is 11.7 Å². The largest absolute Gasteiger partial charge is 0.455 e. The minimum absolute atomic E-state index is 0.238. The van der Waals surface area contributed by atoms with Gasteiger partial charge in [-0.15, -0.1) is 0 Å². The molecule has 0 aromatic heterocycles. The summed E-state index contributed by atoms with van der Waals surface area (Å²) < 4.78 is 18.2. The molecule has 5 atom stereocenters. The molecular formula is C30H41NO7Si. The average molecular weight is 556 g/mol. The molecule has 0 unspecified atom stereocenters. The van der Waals surface area contributed by atoms with Gasteiger partial charge in [0.05, 0.1) is 18.7 Å². The average Bonchev–Trinajstić information content (AvgIpc) is 3.40. The van der Waals surface area contributed by atoms with E-state index in [2.05, 4.69) is 45.0 Å². The molecule has 212 valence electrons. The van der Waals surface area contributed by atoms with Gasteiger partial charge in [0.15, 0.2) is 12.2 Å². The monoisotopic (exact) mass is 555 g/mol. The third-order valence-corrected chi connectivity index (χ3v) is 12.6. The topological polar surface area (TPSA) is 106 Å². The first kappa shape index (κ1) is 29.3. The molecule has 9 heteroatoms. The predicted molar refractivity (Wildman–Crippen MR) is 150 cm³/mol. The van der Waals surface area contributed by atoms with Gasteiger partial charge in [-0.3, -0.25) is 4.90 Å². The van der Waals surface area contributed by atoms with Gasteiger partial charge in [-0.05, 0) is 49.0 Å². The minimum Gasteiger partial charge on any atom is -0.455 e. The molecular weight excluding hydrogens is 514 g/mol. The van der Waals surface area contributed by atoms with Gasteiger partial charge in [0, 0.05) is 0 Å². The van der Waals surface area contributed by atoms with Crippen molar-refractivity contribution in [1.82, 2.24) is 4.90 Å². The van der Waals surface area contributed by atoms with E-state index in [-0.39, 0.29) is 17.7 Å². The van der Waals surface area contributed by atoms with Crippen molar-refractivity contribution in [3.8, 4) is 0 Å². The maximum absolute atomic E-state index is 13.5. The van der Waals surface area contributed by atoms with Crippen LogP contribution < -0.4 is 10.4 Å². The minimum atomic E-state index is -2.87. The zero-order valence-electron chi connectivity index (χ0n) is 23.7. The molecule has 2 N–H and O–H groups in total. The van der Waals surface area contributed by atoms with E-state index in [0.717, 1.165) is 10.4 Å². The highest BCUT2D eigenvalue weighted by atomic mass is 28.4. The van der Waals surface area contributed by atoms with Crippen molar-refractivity contribution in [3.63, 3.8) is 0 Å². The highest BCUT2D eigenvalue weighted by Crippen LogP contribution is 2.39. The van der Waals surface area contributed by atoms with Crippen LogP contribution in [0, 0.1) is 0 Å². The molecule has 2 aliphatic rings. The maximum atomic E-state index is 13.5. The number of hydrogen-bond donors (Lipinski definition) is 2. The molecule has 1 amide bonds. The lowest BCUT2D eigenvalue weighted by Gasteiger charge is -2.44. The molecule has 0 radical (unpaired) electrons. The predicted octanol–water partition coefficient (Wildman–Crippen LogP) is 2.98. The van der Waals surface area contributed by atoms with E-state index < -0.39 is 50.3 Å². The van der Waals surface area contributed by atoms with E-state index in [4.69, 9.17) is 13.9 Å². The molecule has 4 rings (SSSR count). The smallest absolute Gasteiger partial charge is 0.411 e. The van der Waals surface area contributed by atoms with Crippen LogP contribution in [-0.2, 0) is 18.7 Å². The number of carbonyl (C=O) groups is 2. The summed E-state index contributed by atoms with van der Waals surface area (Å²) in [4.78, 5) is 27.1. The number of amides is 1. The van der Waals surface area contributed by atoms with E-state index in [9.17, 15) is 19.8 Å². The number of benzene rings is 2. The summed E-state index contributed by atoms with van der Waals surface area (Å²) in [7, 11) is -2.87. The van der Waals surface area contributed by atoms with Gasteiger partial charge in [-0.25, -0.2) is 9.59 Å². The van der Waals surface area contributed by atoms with Crippen LogP contribution in [0.5, 0.6) is 0 Å². The van der Waals surface area contributed by atoms with E-state index in [0.29, 0.717) is 12.8 Å². The number of aliphatic hydroxyl groups excluding tert-OH is 2. The zero-order valence-corrected chi connectivity index (χ0v) is 24.7. The van der Waals surface area contributed by atoms with Gasteiger partial charge in [0.2, 0.25) is 0 Å². The van der Waals surface area contributed by atoms with Crippen molar-refractivity contribution < 1.29 is 33.7 Å². The second-order valence-electron chi connectivity index (χ2n) is 12.5. The highest BCUT2D eigenvalue weighted by Gasteiger charge is 2.55. The first-order valence-electron chi connectivity index (χ1n) is 13.6. The summed E-state index contributed by atoms with van der Waals surface area (Å²) in [5, 5.41) is 22.6. The third kappa shape index (κ3) is 5.77. The van der Waals surface area contributed by atoms with Gasteiger partial charge in [0.25, 0.3) is 8.32 Å². The quantitative estimate of drug-likeness (QED) is 0.417. The van der Waals surface area contributed by atoms with E-state index >= 15 is 0 Å². The van der Waals surface area contributed by atoms with Crippen LogP contribution in [0.3, 0.4) is 0 Å². The number of carbonyl (C=O) groups excluding carboxylic acids is 2. The van der Waals surface area contributed by atoms with Gasteiger partial charge < -0.3 is 24.1 Å². The van der Waals surface area contributed by atoms with Crippen molar-refractivity contribution >= 4 is 30.8 Å². The number of cyclic esters (lactones) is 1. The molecule has 2 aromatic carbocycles. The Morgan fingerprint density at radius 3 is 1.92 bits per heavy atom. The second kappa shape index (κ2) is 11.0. The molecule has 2 saturated heterocycles. The number of rotatable bonds is 6. The zero-order chi connectivity index (χ0) is 28.6. The molecule has 2 aliphatic heterocycles. The van der Waals surface area contributed by atoms with Crippen LogP contribution >= 0.6 is 0 Å². The van der Waals surface area contributed by atoms with Gasteiger partial charge in [-0.1, -0.05) is 81.4 Å². The van der Waals surface area contributed by atoms with E-state index in [1.165, 1.54) is 0 Å².